The highest BCUT2D eigenvalue weighted by Crippen LogP contribution is 2.36. The van der Waals surface area contributed by atoms with E-state index in [1.54, 1.807) is 7.11 Å². The molecule has 0 saturated heterocycles. The molecule has 5 nitrogen and oxygen atoms in total. The Hall–Kier alpha value is -2.79. The summed E-state index contributed by atoms with van der Waals surface area (Å²) in [6, 6.07) is 15.7. The summed E-state index contributed by atoms with van der Waals surface area (Å²) in [6.07, 6.45) is 0.588. The fourth-order valence-electron chi connectivity index (χ4n) is 3.69. The number of carbonyl (C=O) groups excluding carboxylic acids is 1. The van der Waals surface area contributed by atoms with E-state index in [9.17, 15) is 4.79 Å². The number of nitrogens with one attached hydrogen (secondary N) is 2. The van der Waals surface area contributed by atoms with E-state index in [1.807, 2.05) is 43.3 Å². The molecule has 2 heterocycles. The first-order valence-corrected chi connectivity index (χ1v) is 8.87. The van der Waals surface area contributed by atoms with E-state index in [0.29, 0.717) is 13.0 Å². The number of hydrogen-bond acceptors (Lipinski definition) is 4. The molecular formula is C21H22N2O3. The van der Waals surface area contributed by atoms with Gasteiger partial charge in [-0.15, -0.1) is 0 Å². The quantitative estimate of drug-likeness (QED) is 0.709. The number of methoxy groups -OCH3 is 1. The van der Waals surface area contributed by atoms with Gasteiger partial charge in [0.05, 0.1) is 19.8 Å². The number of rotatable bonds is 4. The van der Waals surface area contributed by atoms with Gasteiger partial charge in [-0.1, -0.05) is 30.3 Å². The Kier molecular flexibility index (Phi) is 4.39. The van der Waals surface area contributed by atoms with Gasteiger partial charge in [0.15, 0.2) is 0 Å². The average molecular weight is 350 g/mol. The molecule has 5 heteroatoms. The smallest absolute Gasteiger partial charge is 0.323 e. The molecular weight excluding hydrogens is 328 g/mol. The maximum Gasteiger partial charge on any atom is 0.323 e. The van der Waals surface area contributed by atoms with Gasteiger partial charge in [-0.2, -0.15) is 0 Å². The van der Waals surface area contributed by atoms with Crippen LogP contribution >= 0.6 is 0 Å². The second-order valence-corrected chi connectivity index (χ2v) is 6.45. The minimum absolute atomic E-state index is 0.0900. The van der Waals surface area contributed by atoms with Crippen molar-refractivity contribution in [2.45, 2.75) is 25.4 Å². The van der Waals surface area contributed by atoms with E-state index in [2.05, 4.69) is 22.4 Å². The van der Waals surface area contributed by atoms with Crippen molar-refractivity contribution in [3.8, 4) is 5.75 Å². The van der Waals surface area contributed by atoms with Crippen LogP contribution in [0.15, 0.2) is 48.5 Å². The van der Waals surface area contributed by atoms with Gasteiger partial charge >= 0.3 is 5.97 Å². The zero-order valence-corrected chi connectivity index (χ0v) is 14.9. The third-order valence-corrected chi connectivity index (χ3v) is 4.92. The van der Waals surface area contributed by atoms with Gasteiger partial charge in [0.2, 0.25) is 0 Å². The maximum atomic E-state index is 12.4. The number of aromatic nitrogens is 1. The van der Waals surface area contributed by atoms with Gasteiger partial charge in [0.25, 0.3) is 0 Å². The van der Waals surface area contributed by atoms with Gasteiger partial charge in [0.1, 0.15) is 11.8 Å². The molecule has 0 aliphatic carbocycles. The van der Waals surface area contributed by atoms with Crippen LogP contribution in [0.3, 0.4) is 0 Å². The molecule has 1 aliphatic heterocycles. The van der Waals surface area contributed by atoms with E-state index in [0.717, 1.165) is 33.5 Å². The summed E-state index contributed by atoms with van der Waals surface area (Å²) in [7, 11) is 1.66. The minimum atomic E-state index is -0.377. The van der Waals surface area contributed by atoms with Crippen molar-refractivity contribution in [1.82, 2.24) is 10.3 Å². The van der Waals surface area contributed by atoms with Crippen molar-refractivity contribution in [3.05, 3.63) is 65.4 Å². The third-order valence-electron chi connectivity index (χ3n) is 4.92. The molecule has 2 unspecified atom stereocenters. The number of fused-ring (bicyclic) bond motifs is 3. The summed E-state index contributed by atoms with van der Waals surface area (Å²) in [5, 5.41) is 4.56. The second-order valence-electron chi connectivity index (χ2n) is 6.45. The van der Waals surface area contributed by atoms with Gasteiger partial charge in [-0.25, -0.2) is 0 Å². The monoisotopic (exact) mass is 350 g/mol. The first-order valence-electron chi connectivity index (χ1n) is 8.87. The molecule has 26 heavy (non-hydrogen) atoms. The lowest BCUT2D eigenvalue weighted by molar-refractivity contribution is -0.146. The molecule has 2 atom stereocenters. The van der Waals surface area contributed by atoms with Gasteiger partial charge in [0, 0.05) is 23.0 Å². The highest BCUT2D eigenvalue weighted by molar-refractivity contribution is 5.88. The Morgan fingerprint density at radius 3 is 2.73 bits per heavy atom. The lowest BCUT2D eigenvalue weighted by Crippen LogP contribution is -2.45. The van der Waals surface area contributed by atoms with E-state index >= 15 is 0 Å². The van der Waals surface area contributed by atoms with Crippen molar-refractivity contribution in [2.24, 2.45) is 0 Å². The Bertz CT molecular complexity index is 933. The molecule has 0 radical (unpaired) electrons. The Labute approximate surface area is 152 Å². The number of hydrogen-bond donors (Lipinski definition) is 2. The van der Waals surface area contributed by atoms with Crippen molar-refractivity contribution >= 4 is 16.9 Å². The number of carbonyl (C=O) groups is 1. The zero-order chi connectivity index (χ0) is 18.1. The first-order chi connectivity index (χ1) is 12.7. The summed E-state index contributed by atoms with van der Waals surface area (Å²) >= 11 is 0. The van der Waals surface area contributed by atoms with Crippen LogP contribution in [0.25, 0.3) is 10.9 Å². The van der Waals surface area contributed by atoms with Crippen LogP contribution in [0.5, 0.6) is 5.75 Å². The number of H-pyrrole nitrogens is 1. The summed E-state index contributed by atoms with van der Waals surface area (Å²) in [4.78, 5) is 16.0. The first kappa shape index (κ1) is 16.7. The molecule has 1 aliphatic rings. The topological polar surface area (TPSA) is 63.4 Å². The Balaban J connectivity index is 1.85. The predicted molar refractivity (Wildman–Crippen MR) is 100 cm³/mol. The van der Waals surface area contributed by atoms with E-state index in [4.69, 9.17) is 9.47 Å². The van der Waals surface area contributed by atoms with E-state index < -0.39 is 0 Å². The van der Waals surface area contributed by atoms with Gasteiger partial charge < -0.3 is 14.5 Å². The van der Waals surface area contributed by atoms with Crippen LogP contribution in [0.1, 0.15) is 29.8 Å². The average Bonchev–Trinajstić information content (AvgIpc) is 3.05. The van der Waals surface area contributed by atoms with E-state index in [-0.39, 0.29) is 18.1 Å². The van der Waals surface area contributed by atoms with Crippen molar-refractivity contribution in [3.63, 3.8) is 0 Å². The van der Waals surface area contributed by atoms with Crippen molar-refractivity contribution in [2.75, 3.05) is 13.7 Å². The minimum Gasteiger partial charge on any atom is -0.497 e. The third kappa shape index (κ3) is 2.84. The normalized spacial score (nSPS) is 19.2. The number of aromatic amines is 1. The zero-order valence-electron chi connectivity index (χ0n) is 14.9. The maximum absolute atomic E-state index is 12.4. The molecule has 0 amide bonds. The number of benzene rings is 2. The van der Waals surface area contributed by atoms with Crippen LogP contribution in [-0.2, 0) is 16.0 Å². The van der Waals surface area contributed by atoms with Crippen LogP contribution in [0, 0.1) is 0 Å². The molecule has 0 fully saturated rings. The van der Waals surface area contributed by atoms with Crippen LogP contribution < -0.4 is 10.1 Å². The summed E-state index contributed by atoms with van der Waals surface area (Å²) in [5.74, 6) is 0.595. The van der Waals surface area contributed by atoms with Crippen LogP contribution in [0.4, 0.5) is 0 Å². The van der Waals surface area contributed by atoms with Crippen molar-refractivity contribution in [1.29, 1.82) is 0 Å². The number of ether oxygens (including phenoxy) is 2. The molecule has 2 aromatic carbocycles. The summed E-state index contributed by atoms with van der Waals surface area (Å²) in [6.45, 7) is 2.21. The lowest BCUT2D eigenvalue weighted by atomic mass is 9.90. The van der Waals surface area contributed by atoms with Crippen molar-refractivity contribution < 1.29 is 14.3 Å². The lowest BCUT2D eigenvalue weighted by Gasteiger charge is -2.30. The van der Waals surface area contributed by atoms with Gasteiger partial charge in [-0.05, 0) is 36.2 Å². The molecule has 1 aromatic heterocycles. The highest BCUT2D eigenvalue weighted by Gasteiger charge is 2.34. The Morgan fingerprint density at radius 2 is 2.00 bits per heavy atom. The molecule has 0 saturated carbocycles. The SMILES string of the molecule is CCOC(=O)C1Cc2c([nH]c3ccc(OC)cc23)C(c2ccccc2)N1. The van der Waals surface area contributed by atoms with Gasteiger partial charge in [-0.3, -0.25) is 10.1 Å². The fourth-order valence-corrected chi connectivity index (χ4v) is 3.69. The molecule has 0 spiro atoms. The summed E-state index contributed by atoms with van der Waals surface area (Å²) < 4.78 is 10.7. The summed E-state index contributed by atoms with van der Waals surface area (Å²) in [5.41, 5.74) is 4.40. The van der Waals surface area contributed by atoms with Crippen LogP contribution in [0.2, 0.25) is 0 Å². The fraction of sp³-hybridized carbons (Fsp3) is 0.286. The number of esters is 1. The molecule has 2 N–H and O–H groups in total. The predicted octanol–water partition coefficient (Wildman–Crippen LogP) is 3.34. The Morgan fingerprint density at radius 1 is 1.19 bits per heavy atom. The molecule has 134 valence electrons. The molecule has 0 bridgehead atoms. The van der Waals surface area contributed by atoms with Crippen LogP contribution in [-0.4, -0.2) is 30.7 Å². The standard InChI is InChI=1S/C21H22N2O3/c1-3-26-21(24)18-12-16-15-11-14(25-2)9-10-17(15)22-20(16)19(23-18)13-7-5-4-6-8-13/h4-11,18-19,22-23H,3,12H2,1-2H3. The largest absolute Gasteiger partial charge is 0.497 e. The molecule has 3 aromatic rings. The molecule has 4 rings (SSSR count). The highest BCUT2D eigenvalue weighted by atomic mass is 16.5. The second kappa shape index (κ2) is 6.84. The van der Waals surface area contributed by atoms with E-state index in [1.165, 1.54) is 0 Å².